The van der Waals surface area contributed by atoms with Crippen LogP contribution in [0.2, 0.25) is 0 Å². The zero-order valence-electron chi connectivity index (χ0n) is 20.2. The van der Waals surface area contributed by atoms with Gasteiger partial charge in [-0.05, 0) is 42.5 Å². The number of nitrogens with one attached hydrogen (secondary N) is 1. The molecule has 0 aliphatic carbocycles. The molecule has 2 aliphatic rings. The van der Waals surface area contributed by atoms with Crippen molar-refractivity contribution in [2.75, 3.05) is 26.2 Å². The van der Waals surface area contributed by atoms with E-state index in [0.717, 1.165) is 38.0 Å². The minimum absolute atomic E-state index is 0.0640. The number of halogens is 1. The zero-order chi connectivity index (χ0) is 24.8. The van der Waals surface area contributed by atoms with Gasteiger partial charge in [-0.1, -0.05) is 49.4 Å². The third kappa shape index (κ3) is 6.25. The maximum absolute atomic E-state index is 13.2. The van der Waals surface area contributed by atoms with E-state index >= 15 is 0 Å². The van der Waals surface area contributed by atoms with E-state index in [1.165, 1.54) is 27.5 Å². The van der Waals surface area contributed by atoms with Crippen LogP contribution in [0.4, 0.5) is 4.39 Å². The molecule has 0 bridgehead atoms. The summed E-state index contributed by atoms with van der Waals surface area (Å²) in [7, 11) is 0. The van der Waals surface area contributed by atoms with Gasteiger partial charge < -0.3 is 15.1 Å². The van der Waals surface area contributed by atoms with Crippen LogP contribution in [0.15, 0.2) is 54.6 Å². The first kappa shape index (κ1) is 24.9. The van der Waals surface area contributed by atoms with Gasteiger partial charge in [-0.25, -0.2) is 4.39 Å². The molecule has 2 saturated heterocycles. The monoisotopic (exact) mass is 480 g/mol. The van der Waals surface area contributed by atoms with E-state index in [0.29, 0.717) is 19.5 Å². The summed E-state index contributed by atoms with van der Waals surface area (Å²) in [5, 5.41) is 3.12. The number of benzene rings is 2. The van der Waals surface area contributed by atoms with Crippen molar-refractivity contribution in [2.24, 2.45) is 0 Å². The first-order valence-corrected chi connectivity index (χ1v) is 12.4. The summed E-state index contributed by atoms with van der Waals surface area (Å²) in [5.74, 6) is -1.82. The molecule has 0 aromatic heterocycles. The summed E-state index contributed by atoms with van der Waals surface area (Å²) in [6.45, 7) is 5.43. The van der Waals surface area contributed by atoms with Gasteiger partial charge in [0, 0.05) is 45.3 Å². The number of rotatable bonds is 8. The zero-order valence-corrected chi connectivity index (χ0v) is 20.2. The van der Waals surface area contributed by atoms with Crippen LogP contribution in [0.1, 0.15) is 37.3 Å². The smallest absolute Gasteiger partial charge is 0.312 e. The third-order valence-corrected chi connectivity index (χ3v) is 6.88. The molecule has 0 spiro atoms. The highest BCUT2D eigenvalue weighted by Gasteiger charge is 2.39. The molecule has 2 aliphatic heterocycles. The number of piperazine rings is 1. The van der Waals surface area contributed by atoms with Gasteiger partial charge in [0.1, 0.15) is 11.9 Å². The van der Waals surface area contributed by atoms with Crippen molar-refractivity contribution in [3.05, 3.63) is 71.5 Å². The van der Waals surface area contributed by atoms with Gasteiger partial charge in [0.05, 0.1) is 0 Å². The summed E-state index contributed by atoms with van der Waals surface area (Å²) in [6, 6.07) is 15.6. The molecule has 2 fully saturated rings. The van der Waals surface area contributed by atoms with E-state index < -0.39 is 17.9 Å². The average molecular weight is 481 g/mol. The molecule has 1 unspecified atom stereocenters. The number of hydrogen-bond acceptors (Lipinski definition) is 4. The summed E-state index contributed by atoms with van der Waals surface area (Å²) >= 11 is 0. The van der Waals surface area contributed by atoms with Crippen LogP contribution in [-0.2, 0) is 27.5 Å². The number of carbonyl (C=O) groups excluding carboxylic acids is 3. The molecular weight excluding hydrogens is 447 g/mol. The lowest BCUT2D eigenvalue weighted by molar-refractivity contribution is -0.160. The summed E-state index contributed by atoms with van der Waals surface area (Å²) in [6.07, 6.45) is 2.15. The maximum Gasteiger partial charge on any atom is 0.312 e. The van der Waals surface area contributed by atoms with E-state index in [1.807, 2.05) is 25.1 Å². The van der Waals surface area contributed by atoms with Crippen molar-refractivity contribution in [3.63, 3.8) is 0 Å². The Morgan fingerprint density at radius 2 is 1.57 bits per heavy atom. The van der Waals surface area contributed by atoms with Gasteiger partial charge in [-0.2, -0.15) is 0 Å². The van der Waals surface area contributed by atoms with Crippen LogP contribution in [0.3, 0.4) is 0 Å². The topological polar surface area (TPSA) is 73.0 Å². The minimum Gasteiger partial charge on any atom is -0.351 e. The molecule has 1 atom stereocenters. The van der Waals surface area contributed by atoms with Gasteiger partial charge >= 0.3 is 11.8 Å². The number of hydrogen-bond donors (Lipinski definition) is 1. The molecule has 3 amide bonds. The van der Waals surface area contributed by atoms with Crippen LogP contribution in [0.5, 0.6) is 0 Å². The first-order chi connectivity index (χ1) is 16.9. The number of amides is 3. The molecule has 7 nitrogen and oxygen atoms in total. The molecule has 0 saturated carbocycles. The van der Waals surface area contributed by atoms with Crippen molar-refractivity contribution in [1.82, 2.24) is 20.0 Å². The number of likely N-dealkylation sites (tertiary alicyclic amines) is 1. The van der Waals surface area contributed by atoms with E-state index in [9.17, 15) is 18.8 Å². The SMILES string of the molecule is CCC(C(=O)NC1CCN(Cc2ccccc2)CC1)N1CCN(Cc2ccc(F)cc2)C(=O)C1=O. The number of carbonyl (C=O) groups is 3. The average Bonchev–Trinajstić information content (AvgIpc) is 2.87. The largest absolute Gasteiger partial charge is 0.351 e. The standard InChI is InChI=1S/C27H33FN4O3/c1-2-24(25(33)29-23-12-14-30(15-13-23)18-20-6-4-3-5-7-20)32-17-16-31(26(34)27(32)35)19-21-8-10-22(28)11-9-21/h3-11,23-24H,2,12-19H2,1H3,(H,29,33). The Morgan fingerprint density at radius 3 is 2.23 bits per heavy atom. The predicted molar refractivity (Wildman–Crippen MR) is 130 cm³/mol. The van der Waals surface area contributed by atoms with Crippen molar-refractivity contribution in [1.29, 1.82) is 0 Å². The Kier molecular flexibility index (Phi) is 8.13. The number of nitrogens with zero attached hydrogens (tertiary/aromatic N) is 3. The van der Waals surface area contributed by atoms with Crippen LogP contribution in [0.25, 0.3) is 0 Å². The van der Waals surface area contributed by atoms with E-state index in [4.69, 9.17) is 0 Å². The maximum atomic E-state index is 13.2. The van der Waals surface area contributed by atoms with E-state index in [-0.39, 0.29) is 24.3 Å². The van der Waals surface area contributed by atoms with Gasteiger partial charge in [0.15, 0.2) is 0 Å². The number of piperidine rings is 1. The lowest BCUT2D eigenvalue weighted by atomic mass is 10.0. The summed E-state index contributed by atoms with van der Waals surface area (Å²) < 4.78 is 13.2. The summed E-state index contributed by atoms with van der Waals surface area (Å²) in [5.41, 5.74) is 2.03. The second-order valence-electron chi connectivity index (χ2n) is 9.32. The van der Waals surface area contributed by atoms with E-state index in [2.05, 4.69) is 22.3 Å². The van der Waals surface area contributed by atoms with Crippen molar-refractivity contribution >= 4 is 17.7 Å². The van der Waals surface area contributed by atoms with Gasteiger partial charge in [-0.15, -0.1) is 0 Å². The van der Waals surface area contributed by atoms with Gasteiger partial charge in [-0.3, -0.25) is 19.3 Å². The van der Waals surface area contributed by atoms with Crippen LogP contribution in [0, 0.1) is 5.82 Å². The normalized spacial score (nSPS) is 18.6. The third-order valence-electron chi connectivity index (χ3n) is 6.88. The van der Waals surface area contributed by atoms with Crippen molar-refractivity contribution in [3.8, 4) is 0 Å². The Labute approximate surface area is 205 Å². The molecule has 35 heavy (non-hydrogen) atoms. The van der Waals surface area contributed by atoms with Crippen LogP contribution < -0.4 is 5.32 Å². The molecular formula is C27H33FN4O3. The Balaban J connectivity index is 1.28. The predicted octanol–water partition coefficient (Wildman–Crippen LogP) is 2.56. The molecule has 2 aromatic carbocycles. The van der Waals surface area contributed by atoms with E-state index in [1.54, 1.807) is 12.1 Å². The second kappa shape index (κ2) is 11.4. The van der Waals surface area contributed by atoms with Gasteiger partial charge in [0.25, 0.3) is 0 Å². The lowest BCUT2D eigenvalue weighted by Crippen LogP contribution is -2.61. The van der Waals surface area contributed by atoms with Crippen molar-refractivity contribution in [2.45, 2.75) is 51.4 Å². The quantitative estimate of drug-likeness (QED) is 0.590. The molecule has 1 N–H and O–H groups in total. The summed E-state index contributed by atoms with van der Waals surface area (Å²) in [4.78, 5) is 44.0. The molecule has 8 heteroatoms. The minimum atomic E-state index is -0.665. The molecule has 2 aromatic rings. The molecule has 4 rings (SSSR count). The highest BCUT2D eigenvalue weighted by molar-refractivity contribution is 6.35. The highest BCUT2D eigenvalue weighted by atomic mass is 19.1. The molecule has 2 heterocycles. The lowest BCUT2D eigenvalue weighted by Gasteiger charge is -2.38. The van der Waals surface area contributed by atoms with Crippen molar-refractivity contribution < 1.29 is 18.8 Å². The fourth-order valence-corrected chi connectivity index (χ4v) is 4.87. The Hall–Kier alpha value is -3.26. The molecule has 0 radical (unpaired) electrons. The van der Waals surface area contributed by atoms with Crippen LogP contribution in [-0.4, -0.2) is 70.7 Å². The highest BCUT2D eigenvalue weighted by Crippen LogP contribution is 2.18. The fourth-order valence-electron chi connectivity index (χ4n) is 4.87. The van der Waals surface area contributed by atoms with Gasteiger partial charge in [0.2, 0.25) is 5.91 Å². The Bertz CT molecular complexity index is 1020. The Morgan fingerprint density at radius 1 is 0.914 bits per heavy atom. The van der Waals surface area contributed by atoms with Crippen LogP contribution >= 0.6 is 0 Å². The molecule has 186 valence electrons. The first-order valence-electron chi connectivity index (χ1n) is 12.4. The fraction of sp³-hybridized carbons (Fsp3) is 0.444. The second-order valence-corrected chi connectivity index (χ2v) is 9.32.